The summed E-state index contributed by atoms with van der Waals surface area (Å²) < 4.78 is 38.2. The number of carbonyl (C=O) groups excluding carboxylic acids is 1. The third kappa shape index (κ3) is 7.13. The van der Waals surface area contributed by atoms with Crippen LogP contribution in [-0.2, 0) is 21.1 Å². The number of hydrogen-bond acceptors (Lipinski definition) is 5. The first-order valence-electron chi connectivity index (χ1n) is 12.2. The number of fused-ring (bicyclic) bond motifs is 1. The van der Waals surface area contributed by atoms with Gasteiger partial charge in [-0.2, -0.15) is 0 Å². The van der Waals surface area contributed by atoms with Gasteiger partial charge < -0.3 is 9.47 Å². The Morgan fingerprint density at radius 3 is 2.49 bits per heavy atom. The summed E-state index contributed by atoms with van der Waals surface area (Å²) in [6.07, 6.45) is 7.06. The van der Waals surface area contributed by atoms with Gasteiger partial charge >= 0.3 is 0 Å². The molecule has 0 aromatic heterocycles. The molecule has 0 N–H and O–H groups in total. The van der Waals surface area contributed by atoms with Crippen LogP contribution in [-0.4, -0.2) is 27.4 Å². The van der Waals surface area contributed by atoms with E-state index in [-0.39, 0.29) is 17.4 Å². The summed E-state index contributed by atoms with van der Waals surface area (Å²) in [5.41, 5.74) is 3.33. The summed E-state index contributed by atoms with van der Waals surface area (Å²) >= 11 is 2.16. The quantitative estimate of drug-likeness (QED) is 0.131. The Morgan fingerprint density at radius 1 is 0.973 bits per heavy atom. The van der Waals surface area contributed by atoms with Crippen molar-refractivity contribution in [3.05, 3.63) is 93.2 Å². The summed E-state index contributed by atoms with van der Waals surface area (Å²) in [4.78, 5) is 13.9. The molecule has 0 saturated carbocycles. The number of allylic oxidation sites excluding steroid dienone is 1. The highest BCUT2D eigenvalue weighted by Crippen LogP contribution is 2.33. The van der Waals surface area contributed by atoms with Gasteiger partial charge in [-0.1, -0.05) is 48.4 Å². The number of carbonyl (C=O) groups is 1. The molecule has 4 rings (SSSR count). The van der Waals surface area contributed by atoms with E-state index < -0.39 is 9.84 Å². The van der Waals surface area contributed by atoms with Crippen LogP contribution in [0.15, 0.2) is 83.4 Å². The summed E-state index contributed by atoms with van der Waals surface area (Å²) in [5, 5.41) is 0. The first kappa shape index (κ1) is 27.2. The van der Waals surface area contributed by atoms with Crippen LogP contribution in [0.1, 0.15) is 36.8 Å². The zero-order valence-electron chi connectivity index (χ0n) is 20.7. The maximum absolute atomic E-state index is 13.3. The summed E-state index contributed by atoms with van der Waals surface area (Å²) in [5.74, 6) is 1.33. The molecule has 0 aliphatic carbocycles. The Labute approximate surface area is 232 Å². The second-order valence-electron chi connectivity index (χ2n) is 8.98. The smallest absolute Gasteiger partial charge is 0.231 e. The highest BCUT2D eigenvalue weighted by Gasteiger charge is 2.22. The molecule has 0 bridgehead atoms. The normalized spacial score (nSPS) is 13.0. The van der Waals surface area contributed by atoms with Crippen molar-refractivity contribution in [1.82, 2.24) is 0 Å². The highest BCUT2D eigenvalue weighted by molar-refractivity contribution is 14.1. The largest absolute Gasteiger partial charge is 0.454 e. The fraction of sp³-hybridized carbons (Fsp3) is 0.276. The predicted molar refractivity (Wildman–Crippen MR) is 154 cm³/mol. The van der Waals surface area contributed by atoms with E-state index in [1.807, 2.05) is 49.4 Å². The zero-order chi connectivity index (χ0) is 26.3. The molecule has 0 radical (unpaired) electrons. The van der Waals surface area contributed by atoms with Gasteiger partial charge in [-0.3, -0.25) is 9.69 Å². The van der Waals surface area contributed by atoms with Crippen LogP contribution < -0.4 is 14.4 Å². The number of unbranched alkanes of at least 4 members (excludes halogenated alkanes) is 3. The number of aryl methyl sites for hydroxylation is 2. The second-order valence-corrected chi connectivity index (χ2v) is 12.1. The molecule has 3 aromatic rings. The van der Waals surface area contributed by atoms with E-state index in [0.717, 1.165) is 46.3 Å². The minimum Gasteiger partial charge on any atom is -0.454 e. The second kappa shape index (κ2) is 12.6. The van der Waals surface area contributed by atoms with Gasteiger partial charge in [0.05, 0.1) is 16.3 Å². The monoisotopic (exact) mass is 631 g/mol. The number of para-hydroxylation sites is 1. The first-order valence-corrected chi connectivity index (χ1v) is 15.0. The fourth-order valence-corrected chi connectivity index (χ4v) is 6.20. The van der Waals surface area contributed by atoms with Crippen LogP contribution in [0, 0.1) is 10.5 Å². The molecule has 1 amide bonds. The standard InChI is InChI=1S/C29H30INO5S/c1-22-12-15-25(16-13-22)37(33,34)19-24(31(20-32)27-11-7-6-10-26(27)30)9-5-3-2-4-8-23-14-17-28-29(18-23)36-21-35-28/h6-7,9-18,20H,2-5,8,19,21H2,1H3/b24-9+. The Kier molecular flexibility index (Phi) is 9.26. The van der Waals surface area contributed by atoms with E-state index in [2.05, 4.69) is 28.7 Å². The van der Waals surface area contributed by atoms with Gasteiger partial charge in [0.1, 0.15) is 0 Å². The van der Waals surface area contributed by atoms with E-state index >= 15 is 0 Å². The molecule has 3 aromatic carbocycles. The summed E-state index contributed by atoms with van der Waals surface area (Å²) in [7, 11) is -3.63. The lowest BCUT2D eigenvalue weighted by Crippen LogP contribution is -2.26. The van der Waals surface area contributed by atoms with Crippen molar-refractivity contribution in [3.8, 4) is 11.5 Å². The van der Waals surface area contributed by atoms with Gasteiger partial charge in [0.25, 0.3) is 0 Å². The van der Waals surface area contributed by atoms with Gasteiger partial charge in [0.2, 0.25) is 13.2 Å². The van der Waals surface area contributed by atoms with Crippen molar-refractivity contribution in [2.45, 2.75) is 43.9 Å². The van der Waals surface area contributed by atoms with E-state index in [1.54, 1.807) is 24.3 Å². The molecule has 0 saturated heterocycles. The number of hydrogen-bond donors (Lipinski definition) is 0. The molecule has 0 fully saturated rings. The number of anilines is 1. The van der Waals surface area contributed by atoms with Gasteiger partial charge in [0, 0.05) is 9.27 Å². The number of rotatable bonds is 12. The summed E-state index contributed by atoms with van der Waals surface area (Å²) in [6.45, 7) is 2.19. The van der Waals surface area contributed by atoms with Crippen LogP contribution in [0.4, 0.5) is 5.69 Å². The van der Waals surface area contributed by atoms with Gasteiger partial charge in [0.15, 0.2) is 21.3 Å². The van der Waals surface area contributed by atoms with Crippen molar-refractivity contribution >= 4 is 44.5 Å². The third-order valence-electron chi connectivity index (χ3n) is 6.23. The Hall–Kier alpha value is -2.85. The fourth-order valence-electron chi connectivity index (χ4n) is 4.19. The van der Waals surface area contributed by atoms with E-state index in [0.29, 0.717) is 24.2 Å². The molecule has 1 heterocycles. The molecular formula is C29H30INO5S. The molecule has 0 unspecified atom stereocenters. The number of halogens is 1. The molecule has 8 heteroatoms. The van der Waals surface area contributed by atoms with Crippen LogP contribution >= 0.6 is 22.6 Å². The SMILES string of the molecule is Cc1ccc(S(=O)(=O)C/C(=C\CCCCCc2ccc3c(c2)OCO3)N(C=O)c2ccccc2I)cc1. The topological polar surface area (TPSA) is 72.9 Å². The predicted octanol–water partition coefficient (Wildman–Crippen LogP) is 6.45. The van der Waals surface area contributed by atoms with Gasteiger partial charge in [-0.05, 0) is 97.2 Å². The first-order chi connectivity index (χ1) is 17.9. The lowest BCUT2D eigenvalue weighted by Gasteiger charge is -2.23. The maximum Gasteiger partial charge on any atom is 0.231 e. The van der Waals surface area contributed by atoms with Crippen molar-refractivity contribution in [2.24, 2.45) is 0 Å². The van der Waals surface area contributed by atoms with E-state index in [9.17, 15) is 13.2 Å². The Balaban J connectivity index is 1.44. The van der Waals surface area contributed by atoms with Crippen LogP contribution in [0.3, 0.4) is 0 Å². The molecule has 6 nitrogen and oxygen atoms in total. The number of amides is 1. The molecule has 37 heavy (non-hydrogen) atoms. The van der Waals surface area contributed by atoms with Crippen molar-refractivity contribution in [2.75, 3.05) is 17.4 Å². The molecule has 194 valence electrons. The van der Waals surface area contributed by atoms with Crippen LogP contribution in [0.2, 0.25) is 0 Å². The number of sulfone groups is 1. The van der Waals surface area contributed by atoms with E-state index in [4.69, 9.17) is 9.47 Å². The number of benzene rings is 3. The molecule has 0 atom stereocenters. The minimum atomic E-state index is -3.63. The maximum atomic E-state index is 13.3. The molecule has 1 aliphatic rings. The highest BCUT2D eigenvalue weighted by atomic mass is 127. The van der Waals surface area contributed by atoms with Gasteiger partial charge in [-0.25, -0.2) is 8.42 Å². The van der Waals surface area contributed by atoms with E-state index in [1.165, 1.54) is 10.5 Å². The lowest BCUT2D eigenvalue weighted by atomic mass is 10.1. The average Bonchev–Trinajstić information content (AvgIpc) is 3.35. The van der Waals surface area contributed by atoms with Crippen LogP contribution in [0.5, 0.6) is 11.5 Å². The number of nitrogens with zero attached hydrogens (tertiary/aromatic N) is 1. The lowest BCUT2D eigenvalue weighted by molar-refractivity contribution is -0.107. The van der Waals surface area contributed by atoms with Gasteiger partial charge in [-0.15, -0.1) is 0 Å². The molecule has 1 aliphatic heterocycles. The van der Waals surface area contributed by atoms with Crippen LogP contribution in [0.25, 0.3) is 0 Å². The molecular weight excluding hydrogens is 601 g/mol. The number of ether oxygens (including phenoxy) is 2. The Bertz CT molecular complexity index is 1370. The summed E-state index contributed by atoms with van der Waals surface area (Å²) in [6, 6.07) is 20.3. The van der Waals surface area contributed by atoms with Crippen molar-refractivity contribution in [3.63, 3.8) is 0 Å². The Morgan fingerprint density at radius 2 is 1.73 bits per heavy atom. The molecule has 0 spiro atoms. The third-order valence-corrected chi connectivity index (χ3v) is 8.81. The minimum absolute atomic E-state index is 0.251. The van der Waals surface area contributed by atoms with Crippen molar-refractivity contribution in [1.29, 1.82) is 0 Å². The van der Waals surface area contributed by atoms with Crippen molar-refractivity contribution < 1.29 is 22.7 Å². The average molecular weight is 632 g/mol. The zero-order valence-corrected chi connectivity index (χ0v) is 23.7.